The van der Waals surface area contributed by atoms with E-state index in [1.54, 1.807) is 11.3 Å². The van der Waals surface area contributed by atoms with Crippen molar-refractivity contribution in [1.29, 1.82) is 0 Å². The molecule has 0 saturated heterocycles. The first-order chi connectivity index (χ1) is 8.17. The van der Waals surface area contributed by atoms with Crippen molar-refractivity contribution in [3.8, 4) is 0 Å². The molecule has 0 saturated carbocycles. The molecule has 0 radical (unpaired) electrons. The van der Waals surface area contributed by atoms with E-state index >= 15 is 0 Å². The van der Waals surface area contributed by atoms with E-state index in [0.717, 1.165) is 18.7 Å². The first kappa shape index (κ1) is 12.1. The fourth-order valence-corrected chi connectivity index (χ4v) is 2.61. The predicted molar refractivity (Wildman–Crippen MR) is 74.7 cm³/mol. The van der Waals surface area contributed by atoms with E-state index < -0.39 is 0 Å². The van der Waals surface area contributed by atoms with Crippen molar-refractivity contribution in [1.82, 2.24) is 4.98 Å². The molecule has 2 aromatic rings. The summed E-state index contributed by atoms with van der Waals surface area (Å²) in [7, 11) is 0. The molecular weight excluding hydrogens is 228 g/mol. The number of thiazole rings is 1. The molecular formula is C14H18N2S. The van der Waals surface area contributed by atoms with Gasteiger partial charge in [0.2, 0.25) is 0 Å². The molecule has 1 aromatic heterocycles. The summed E-state index contributed by atoms with van der Waals surface area (Å²) in [5.74, 6) is 0. The van der Waals surface area contributed by atoms with Gasteiger partial charge in [-0.15, -0.1) is 11.3 Å². The van der Waals surface area contributed by atoms with Gasteiger partial charge in [0.15, 0.2) is 0 Å². The number of anilines is 1. The summed E-state index contributed by atoms with van der Waals surface area (Å²) in [4.78, 5) is 4.54. The highest BCUT2D eigenvalue weighted by Gasteiger charge is 2.00. The van der Waals surface area contributed by atoms with Gasteiger partial charge in [-0.2, -0.15) is 0 Å². The van der Waals surface area contributed by atoms with Gasteiger partial charge in [0.1, 0.15) is 0 Å². The number of aromatic nitrogens is 1. The van der Waals surface area contributed by atoms with E-state index in [4.69, 9.17) is 0 Å². The second kappa shape index (κ2) is 5.32. The van der Waals surface area contributed by atoms with Crippen molar-refractivity contribution in [3.05, 3.63) is 45.4 Å². The van der Waals surface area contributed by atoms with Crippen LogP contribution in [0.15, 0.2) is 23.6 Å². The summed E-state index contributed by atoms with van der Waals surface area (Å²) in [6.07, 6.45) is 1.02. The standard InChI is InChI=1S/C14H18N2S/c1-4-14-16-13(9-17-14)8-15-12-6-10(2)5-11(3)7-12/h5-7,9,15H,4,8H2,1-3H3. The Morgan fingerprint density at radius 2 is 1.88 bits per heavy atom. The molecule has 1 N–H and O–H groups in total. The Labute approximate surface area is 107 Å². The maximum Gasteiger partial charge on any atom is 0.0926 e. The second-order valence-electron chi connectivity index (χ2n) is 4.32. The van der Waals surface area contributed by atoms with E-state index in [1.165, 1.54) is 21.8 Å². The lowest BCUT2D eigenvalue weighted by Gasteiger charge is -2.07. The third-order valence-electron chi connectivity index (χ3n) is 2.60. The maximum absolute atomic E-state index is 4.54. The van der Waals surface area contributed by atoms with Crippen LogP contribution in [0.4, 0.5) is 5.69 Å². The van der Waals surface area contributed by atoms with Crippen molar-refractivity contribution in [3.63, 3.8) is 0 Å². The van der Waals surface area contributed by atoms with Crippen LogP contribution >= 0.6 is 11.3 Å². The van der Waals surface area contributed by atoms with Crippen molar-refractivity contribution >= 4 is 17.0 Å². The third kappa shape index (κ3) is 3.30. The Kier molecular flexibility index (Phi) is 3.79. The average Bonchev–Trinajstić information content (AvgIpc) is 2.73. The van der Waals surface area contributed by atoms with Crippen molar-refractivity contribution in [2.75, 3.05) is 5.32 Å². The number of nitrogens with zero attached hydrogens (tertiary/aromatic N) is 1. The van der Waals surface area contributed by atoms with Gasteiger partial charge in [-0.05, 0) is 43.5 Å². The Morgan fingerprint density at radius 1 is 1.18 bits per heavy atom. The van der Waals surface area contributed by atoms with Gasteiger partial charge in [0, 0.05) is 11.1 Å². The van der Waals surface area contributed by atoms with Gasteiger partial charge < -0.3 is 5.32 Å². The summed E-state index contributed by atoms with van der Waals surface area (Å²) < 4.78 is 0. The van der Waals surface area contributed by atoms with Gasteiger partial charge in [0.05, 0.1) is 17.2 Å². The minimum absolute atomic E-state index is 0.805. The fraction of sp³-hybridized carbons (Fsp3) is 0.357. The zero-order valence-corrected chi connectivity index (χ0v) is 11.4. The normalized spacial score (nSPS) is 10.5. The molecule has 0 atom stereocenters. The van der Waals surface area contributed by atoms with Gasteiger partial charge in [-0.3, -0.25) is 0 Å². The molecule has 0 aliphatic rings. The van der Waals surface area contributed by atoms with Crippen LogP contribution in [0, 0.1) is 13.8 Å². The molecule has 0 aliphatic heterocycles. The smallest absolute Gasteiger partial charge is 0.0926 e. The van der Waals surface area contributed by atoms with Crippen molar-refractivity contribution < 1.29 is 0 Å². The Bertz CT molecular complexity index is 482. The summed E-state index contributed by atoms with van der Waals surface area (Å²) >= 11 is 1.74. The summed E-state index contributed by atoms with van der Waals surface area (Å²) in [6, 6.07) is 6.52. The SMILES string of the molecule is CCc1nc(CNc2cc(C)cc(C)c2)cs1. The van der Waals surface area contributed by atoms with Gasteiger partial charge in [-0.25, -0.2) is 4.98 Å². The highest BCUT2D eigenvalue weighted by Crippen LogP contribution is 2.16. The zero-order chi connectivity index (χ0) is 12.3. The lowest BCUT2D eigenvalue weighted by molar-refractivity contribution is 1.01. The monoisotopic (exact) mass is 246 g/mol. The van der Waals surface area contributed by atoms with Crippen LogP contribution in [0.3, 0.4) is 0 Å². The summed E-state index contributed by atoms with van der Waals surface area (Å²) in [6.45, 7) is 7.19. The van der Waals surface area contributed by atoms with Gasteiger partial charge >= 0.3 is 0 Å². The highest BCUT2D eigenvalue weighted by atomic mass is 32.1. The van der Waals surface area contributed by atoms with E-state index in [0.29, 0.717) is 0 Å². The van der Waals surface area contributed by atoms with E-state index in [1.807, 2.05) is 0 Å². The van der Waals surface area contributed by atoms with Gasteiger partial charge in [-0.1, -0.05) is 13.0 Å². The largest absolute Gasteiger partial charge is 0.379 e. The molecule has 0 aliphatic carbocycles. The van der Waals surface area contributed by atoms with Crippen LogP contribution in [0.25, 0.3) is 0 Å². The first-order valence-corrected chi connectivity index (χ1v) is 6.81. The van der Waals surface area contributed by atoms with E-state index in [9.17, 15) is 0 Å². The van der Waals surface area contributed by atoms with Crippen LogP contribution in [0.2, 0.25) is 0 Å². The number of nitrogens with one attached hydrogen (secondary N) is 1. The molecule has 0 bridgehead atoms. The van der Waals surface area contributed by atoms with Crippen LogP contribution in [0.5, 0.6) is 0 Å². The highest BCUT2D eigenvalue weighted by molar-refractivity contribution is 7.09. The van der Waals surface area contributed by atoms with Crippen LogP contribution in [0.1, 0.15) is 28.8 Å². The topological polar surface area (TPSA) is 24.9 Å². The molecule has 0 spiro atoms. The first-order valence-electron chi connectivity index (χ1n) is 5.93. The number of hydrogen-bond acceptors (Lipinski definition) is 3. The number of benzene rings is 1. The number of aryl methyl sites for hydroxylation is 3. The average molecular weight is 246 g/mol. The lowest BCUT2D eigenvalue weighted by atomic mass is 10.1. The molecule has 3 heteroatoms. The van der Waals surface area contributed by atoms with E-state index in [2.05, 4.69) is 54.7 Å². The number of hydrogen-bond donors (Lipinski definition) is 1. The van der Waals surface area contributed by atoms with Crippen LogP contribution < -0.4 is 5.32 Å². The molecule has 0 amide bonds. The predicted octanol–water partition coefficient (Wildman–Crippen LogP) is 3.93. The molecule has 2 nitrogen and oxygen atoms in total. The van der Waals surface area contributed by atoms with Crippen molar-refractivity contribution in [2.24, 2.45) is 0 Å². The number of rotatable bonds is 4. The minimum atomic E-state index is 0.805. The lowest BCUT2D eigenvalue weighted by Crippen LogP contribution is -2.00. The maximum atomic E-state index is 4.54. The Hall–Kier alpha value is -1.35. The third-order valence-corrected chi connectivity index (χ3v) is 3.64. The van der Waals surface area contributed by atoms with Gasteiger partial charge in [0.25, 0.3) is 0 Å². The quantitative estimate of drug-likeness (QED) is 0.884. The molecule has 0 unspecified atom stereocenters. The van der Waals surface area contributed by atoms with E-state index in [-0.39, 0.29) is 0 Å². The summed E-state index contributed by atoms with van der Waals surface area (Å²) in [5, 5.41) is 6.77. The molecule has 1 heterocycles. The van der Waals surface area contributed by atoms with Crippen LogP contribution in [-0.4, -0.2) is 4.98 Å². The molecule has 2 rings (SSSR count). The molecule has 17 heavy (non-hydrogen) atoms. The zero-order valence-electron chi connectivity index (χ0n) is 10.6. The Balaban J connectivity index is 2.01. The van der Waals surface area contributed by atoms with Crippen molar-refractivity contribution in [2.45, 2.75) is 33.7 Å². The minimum Gasteiger partial charge on any atom is -0.379 e. The Morgan fingerprint density at radius 3 is 2.47 bits per heavy atom. The second-order valence-corrected chi connectivity index (χ2v) is 5.26. The molecule has 90 valence electrons. The molecule has 0 fully saturated rings. The van der Waals surface area contributed by atoms with Crippen LogP contribution in [-0.2, 0) is 13.0 Å². The fourth-order valence-electron chi connectivity index (χ4n) is 1.86. The summed E-state index contributed by atoms with van der Waals surface area (Å²) in [5.41, 5.74) is 4.89. The molecule has 1 aromatic carbocycles.